The van der Waals surface area contributed by atoms with E-state index < -0.39 is 5.97 Å². The van der Waals surface area contributed by atoms with Crippen molar-refractivity contribution in [1.82, 2.24) is 4.98 Å². The number of pyridine rings is 1. The molecule has 5 heteroatoms. The Morgan fingerprint density at radius 2 is 2.22 bits per heavy atom. The predicted molar refractivity (Wildman–Crippen MR) is 70.8 cm³/mol. The largest absolute Gasteiger partial charge is 0.477 e. The lowest BCUT2D eigenvalue weighted by Gasteiger charge is -2.38. The molecule has 0 bridgehead atoms. The van der Waals surface area contributed by atoms with Crippen molar-refractivity contribution in [2.45, 2.75) is 32.7 Å². The minimum Gasteiger partial charge on any atom is -0.477 e. The van der Waals surface area contributed by atoms with Crippen molar-refractivity contribution in [2.24, 2.45) is 5.92 Å². The molecule has 2 atom stereocenters. The Labute approximate surface area is 107 Å². The van der Waals surface area contributed by atoms with Crippen molar-refractivity contribution in [3.63, 3.8) is 0 Å². The molecule has 98 valence electrons. The first-order valence-corrected chi connectivity index (χ1v) is 6.25. The lowest BCUT2D eigenvalue weighted by Crippen LogP contribution is -2.41. The topological polar surface area (TPSA) is 79.5 Å². The molecule has 0 aliphatic carbocycles. The number of piperidine rings is 1. The molecule has 0 spiro atoms. The summed E-state index contributed by atoms with van der Waals surface area (Å²) in [4.78, 5) is 17.2. The van der Waals surface area contributed by atoms with Gasteiger partial charge in [-0.3, -0.25) is 0 Å². The summed E-state index contributed by atoms with van der Waals surface area (Å²) in [5, 5.41) is 8.98. The molecular weight excluding hydrogens is 230 g/mol. The Kier molecular flexibility index (Phi) is 3.41. The number of aromatic carboxylic acids is 1. The van der Waals surface area contributed by atoms with E-state index >= 15 is 0 Å². The summed E-state index contributed by atoms with van der Waals surface area (Å²) in [6.45, 7) is 5.24. The number of rotatable bonds is 2. The van der Waals surface area contributed by atoms with Gasteiger partial charge in [0, 0.05) is 12.6 Å². The van der Waals surface area contributed by atoms with E-state index in [1.54, 1.807) is 6.07 Å². The van der Waals surface area contributed by atoms with E-state index in [0.717, 1.165) is 19.4 Å². The molecule has 3 N–H and O–H groups in total. The van der Waals surface area contributed by atoms with Crippen LogP contribution in [0.5, 0.6) is 0 Å². The first kappa shape index (κ1) is 12.7. The summed E-state index contributed by atoms with van der Waals surface area (Å²) < 4.78 is 0. The molecule has 5 nitrogen and oxygen atoms in total. The van der Waals surface area contributed by atoms with E-state index in [1.165, 1.54) is 6.07 Å². The van der Waals surface area contributed by atoms with Crippen molar-refractivity contribution in [3.8, 4) is 0 Å². The van der Waals surface area contributed by atoms with Gasteiger partial charge in [0.15, 0.2) is 11.5 Å². The quantitative estimate of drug-likeness (QED) is 0.837. The number of nitrogen functional groups attached to an aromatic ring is 1. The molecular formula is C13H19N3O2. The monoisotopic (exact) mass is 249 g/mol. The highest BCUT2D eigenvalue weighted by Gasteiger charge is 2.25. The molecule has 1 aromatic rings. The number of hydrogen-bond donors (Lipinski definition) is 2. The van der Waals surface area contributed by atoms with Crippen molar-refractivity contribution in [1.29, 1.82) is 0 Å². The van der Waals surface area contributed by atoms with Crippen molar-refractivity contribution in [2.75, 3.05) is 17.2 Å². The summed E-state index contributed by atoms with van der Waals surface area (Å²) in [5.74, 6) is 0.281. The predicted octanol–water partition coefficient (Wildman–Crippen LogP) is 1.99. The molecule has 2 rings (SSSR count). The third-order valence-corrected chi connectivity index (χ3v) is 3.53. The maximum atomic E-state index is 11.0. The Balaban J connectivity index is 2.32. The minimum absolute atomic E-state index is 0.0463. The van der Waals surface area contributed by atoms with Gasteiger partial charge in [0.2, 0.25) is 0 Å². The standard InChI is InChI=1S/C13H19N3O2/c1-8-5-6-16(9(2)7-8)12-10(14)3-4-11(15-12)13(17)18/h3-4,8-9H,5-7,14H2,1-2H3,(H,17,18). The van der Waals surface area contributed by atoms with Gasteiger partial charge in [-0.05, 0) is 37.8 Å². The van der Waals surface area contributed by atoms with Crippen LogP contribution < -0.4 is 10.6 Å². The van der Waals surface area contributed by atoms with Crippen LogP contribution in [-0.2, 0) is 0 Å². The summed E-state index contributed by atoms with van der Waals surface area (Å²) >= 11 is 0. The molecule has 1 saturated heterocycles. The zero-order chi connectivity index (χ0) is 13.3. The van der Waals surface area contributed by atoms with Crippen LogP contribution in [0.2, 0.25) is 0 Å². The molecule has 0 amide bonds. The van der Waals surface area contributed by atoms with E-state index in [1.807, 2.05) is 0 Å². The van der Waals surface area contributed by atoms with Crippen LogP contribution >= 0.6 is 0 Å². The molecule has 0 radical (unpaired) electrons. The number of nitrogens with two attached hydrogens (primary N) is 1. The number of hydrogen-bond acceptors (Lipinski definition) is 4. The third-order valence-electron chi connectivity index (χ3n) is 3.53. The highest BCUT2D eigenvalue weighted by Crippen LogP contribution is 2.30. The van der Waals surface area contributed by atoms with Crippen molar-refractivity contribution in [3.05, 3.63) is 17.8 Å². The molecule has 1 aromatic heterocycles. The van der Waals surface area contributed by atoms with E-state index in [2.05, 4.69) is 23.7 Å². The average molecular weight is 249 g/mol. The van der Waals surface area contributed by atoms with Crippen LogP contribution in [0.1, 0.15) is 37.2 Å². The number of carboxylic acid groups (broad SMARTS) is 1. The van der Waals surface area contributed by atoms with Crippen LogP contribution in [0.4, 0.5) is 11.5 Å². The lowest BCUT2D eigenvalue weighted by atomic mass is 9.93. The van der Waals surface area contributed by atoms with Gasteiger partial charge >= 0.3 is 5.97 Å². The molecule has 1 aliphatic heterocycles. The zero-order valence-corrected chi connectivity index (χ0v) is 10.8. The molecule has 1 fully saturated rings. The normalized spacial score (nSPS) is 24.0. The fraction of sp³-hybridized carbons (Fsp3) is 0.538. The second kappa shape index (κ2) is 4.84. The fourth-order valence-electron chi connectivity index (χ4n) is 2.53. The second-order valence-corrected chi connectivity index (χ2v) is 5.09. The van der Waals surface area contributed by atoms with Crippen molar-refractivity contribution >= 4 is 17.5 Å². The zero-order valence-electron chi connectivity index (χ0n) is 10.8. The molecule has 2 unspecified atom stereocenters. The number of nitrogens with zero attached hydrogens (tertiary/aromatic N) is 2. The van der Waals surface area contributed by atoms with Crippen LogP contribution in [0.15, 0.2) is 12.1 Å². The third kappa shape index (κ3) is 2.39. The molecule has 0 saturated carbocycles. The highest BCUT2D eigenvalue weighted by molar-refractivity contribution is 5.87. The minimum atomic E-state index is -1.02. The molecule has 1 aliphatic rings. The smallest absolute Gasteiger partial charge is 0.354 e. The maximum absolute atomic E-state index is 11.0. The van der Waals surface area contributed by atoms with E-state index in [-0.39, 0.29) is 5.69 Å². The first-order valence-electron chi connectivity index (χ1n) is 6.25. The van der Waals surface area contributed by atoms with Gasteiger partial charge in [0.1, 0.15) is 0 Å². The van der Waals surface area contributed by atoms with E-state index in [0.29, 0.717) is 23.5 Å². The summed E-state index contributed by atoms with van der Waals surface area (Å²) in [6, 6.07) is 3.40. The van der Waals surface area contributed by atoms with E-state index in [4.69, 9.17) is 10.8 Å². The summed E-state index contributed by atoms with van der Waals surface area (Å²) in [6.07, 6.45) is 2.17. The Hall–Kier alpha value is -1.78. The van der Waals surface area contributed by atoms with Gasteiger partial charge < -0.3 is 15.7 Å². The summed E-state index contributed by atoms with van der Waals surface area (Å²) in [5.41, 5.74) is 6.51. The van der Waals surface area contributed by atoms with Gasteiger partial charge in [-0.2, -0.15) is 0 Å². The molecule has 2 heterocycles. The number of carboxylic acids is 1. The van der Waals surface area contributed by atoms with Gasteiger partial charge in [-0.25, -0.2) is 9.78 Å². The van der Waals surface area contributed by atoms with Crippen molar-refractivity contribution < 1.29 is 9.90 Å². The van der Waals surface area contributed by atoms with Crippen LogP contribution in [-0.4, -0.2) is 28.6 Å². The summed E-state index contributed by atoms with van der Waals surface area (Å²) in [7, 11) is 0. The first-order chi connectivity index (χ1) is 8.49. The fourth-order valence-corrected chi connectivity index (χ4v) is 2.53. The van der Waals surface area contributed by atoms with Crippen LogP contribution in [0.25, 0.3) is 0 Å². The Morgan fingerprint density at radius 1 is 1.50 bits per heavy atom. The average Bonchev–Trinajstić information content (AvgIpc) is 2.30. The maximum Gasteiger partial charge on any atom is 0.354 e. The number of anilines is 2. The number of carbonyl (C=O) groups is 1. The highest BCUT2D eigenvalue weighted by atomic mass is 16.4. The second-order valence-electron chi connectivity index (χ2n) is 5.09. The lowest BCUT2D eigenvalue weighted by molar-refractivity contribution is 0.0690. The molecule has 0 aromatic carbocycles. The van der Waals surface area contributed by atoms with Gasteiger partial charge in [0.25, 0.3) is 0 Å². The SMILES string of the molecule is CC1CCN(c2nc(C(=O)O)ccc2N)C(C)C1. The van der Waals surface area contributed by atoms with Gasteiger partial charge in [-0.1, -0.05) is 6.92 Å². The van der Waals surface area contributed by atoms with Crippen LogP contribution in [0, 0.1) is 5.92 Å². The van der Waals surface area contributed by atoms with Gasteiger partial charge in [-0.15, -0.1) is 0 Å². The van der Waals surface area contributed by atoms with Crippen LogP contribution in [0.3, 0.4) is 0 Å². The molecule has 18 heavy (non-hydrogen) atoms. The Morgan fingerprint density at radius 3 is 2.83 bits per heavy atom. The van der Waals surface area contributed by atoms with E-state index in [9.17, 15) is 4.79 Å². The Bertz CT molecular complexity index is 462. The van der Waals surface area contributed by atoms with Gasteiger partial charge in [0.05, 0.1) is 5.69 Å². The number of aromatic nitrogens is 1.